The monoisotopic (exact) mass is 220 g/mol. The molecular formula is C15H24O. The Morgan fingerprint density at radius 1 is 1.44 bits per heavy atom. The average Bonchev–Trinajstić information content (AvgIpc) is 2.16. The average molecular weight is 220 g/mol. The summed E-state index contributed by atoms with van der Waals surface area (Å²) in [7, 11) is 0. The van der Waals surface area contributed by atoms with Crippen LogP contribution >= 0.6 is 0 Å². The van der Waals surface area contributed by atoms with Crippen molar-refractivity contribution in [2.75, 3.05) is 0 Å². The van der Waals surface area contributed by atoms with Crippen LogP contribution in [-0.2, 0) is 0 Å². The minimum atomic E-state index is -0.594. The summed E-state index contributed by atoms with van der Waals surface area (Å²) in [5.74, 6) is 0. The zero-order valence-corrected chi connectivity index (χ0v) is 11.0. The highest BCUT2D eigenvalue weighted by Gasteiger charge is 2.20. The zero-order valence-electron chi connectivity index (χ0n) is 11.0. The van der Waals surface area contributed by atoms with Crippen LogP contribution in [0.2, 0.25) is 0 Å². The molecule has 0 saturated heterocycles. The van der Waals surface area contributed by atoms with Gasteiger partial charge in [-0.3, -0.25) is 0 Å². The van der Waals surface area contributed by atoms with E-state index < -0.39 is 5.60 Å². The van der Waals surface area contributed by atoms with E-state index in [0.29, 0.717) is 0 Å². The number of rotatable bonds is 3. The van der Waals surface area contributed by atoms with Gasteiger partial charge in [0, 0.05) is 0 Å². The topological polar surface area (TPSA) is 20.2 Å². The van der Waals surface area contributed by atoms with Crippen molar-refractivity contribution >= 4 is 0 Å². The van der Waals surface area contributed by atoms with Crippen LogP contribution in [0, 0.1) is 0 Å². The summed E-state index contributed by atoms with van der Waals surface area (Å²) in [4.78, 5) is 0. The van der Waals surface area contributed by atoms with Crippen LogP contribution in [0.25, 0.3) is 0 Å². The second-order valence-electron chi connectivity index (χ2n) is 5.32. The third-order valence-corrected chi connectivity index (χ3v) is 3.16. The molecule has 0 radical (unpaired) electrons. The van der Waals surface area contributed by atoms with Gasteiger partial charge in [0.05, 0.1) is 5.60 Å². The van der Waals surface area contributed by atoms with E-state index in [1.54, 1.807) is 0 Å². The molecule has 0 aromatic rings. The predicted octanol–water partition coefficient (Wildman–Crippen LogP) is 4.15. The van der Waals surface area contributed by atoms with Crippen LogP contribution in [0.5, 0.6) is 0 Å². The van der Waals surface area contributed by atoms with E-state index in [4.69, 9.17) is 0 Å². The van der Waals surface area contributed by atoms with Gasteiger partial charge in [0.2, 0.25) is 0 Å². The van der Waals surface area contributed by atoms with E-state index in [1.165, 1.54) is 16.7 Å². The molecular weight excluding hydrogens is 196 g/mol. The Balaban J connectivity index is 2.58. The van der Waals surface area contributed by atoms with E-state index in [0.717, 1.165) is 25.7 Å². The zero-order chi connectivity index (χ0) is 12.2. The highest BCUT2D eigenvalue weighted by atomic mass is 16.3. The van der Waals surface area contributed by atoms with Crippen LogP contribution in [0.3, 0.4) is 0 Å². The minimum absolute atomic E-state index is 0.594. The van der Waals surface area contributed by atoms with Crippen molar-refractivity contribution in [3.8, 4) is 0 Å². The Bertz CT molecular complexity index is 325. The summed E-state index contributed by atoms with van der Waals surface area (Å²) in [5, 5.41) is 9.80. The van der Waals surface area contributed by atoms with E-state index >= 15 is 0 Å². The standard InChI is InChI=1S/C15H24O/c1-12(2)6-5-7-13(3)14-8-10-15(4,16)11-9-14/h6,8,10,16H,5,7,9,11H2,1-4H3/b14-13-. The summed E-state index contributed by atoms with van der Waals surface area (Å²) in [6.45, 7) is 8.36. The molecule has 1 rings (SSSR count). The van der Waals surface area contributed by atoms with E-state index in [9.17, 15) is 5.11 Å². The van der Waals surface area contributed by atoms with Crippen molar-refractivity contribution in [1.29, 1.82) is 0 Å². The molecule has 1 nitrogen and oxygen atoms in total. The highest BCUT2D eigenvalue weighted by molar-refractivity contribution is 5.30. The van der Waals surface area contributed by atoms with Crippen molar-refractivity contribution in [1.82, 2.24) is 0 Å². The third-order valence-electron chi connectivity index (χ3n) is 3.16. The largest absolute Gasteiger partial charge is 0.386 e. The lowest BCUT2D eigenvalue weighted by molar-refractivity contribution is 0.0991. The fraction of sp³-hybridized carbons (Fsp3) is 0.600. The molecule has 1 aliphatic rings. The Hall–Kier alpha value is -0.820. The van der Waals surface area contributed by atoms with Crippen molar-refractivity contribution in [3.63, 3.8) is 0 Å². The summed E-state index contributed by atoms with van der Waals surface area (Å²) >= 11 is 0. The normalized spacial score (nSPS) is 27.8. The molecule has 1 N–H and O–H groups in total. The van der Waals surface area contributed by atoms with Crippen molar-refractivity contribution in [2.24, 2.45) is 0 Å². The quantitative estimate of drug-likeness (QED) is 0.708. The van der Waals surface area contributed by atoms with Crippen molar-refractivity contribution in [3.05, 3.63) is 34.9 Å². The van der Waals surface area contributed by atoms with Crippen LogP contribution < -0.4 is 0 Å². The van der Waals surface area contributed by atoms with Crippen LogP contribution in [0.15, 0.2) is 34.9 Å². The summed E-state index contributed by atoms with van der Waals surface area (Å²) in [5.41, 5.74) is 3.67. The van der Waals surface area contributed by atoms with Gasteiger partial charge in [-0.05, 0) is 59.0 Å². The smallest absolute Gasteiger partial charge is 0.0805 e. The van der Waals surface area contributed by atoms with Gasteiger partial charge in [0.25, 0.3) is 0 Å². The van der Waals surface area contributed by atoms with Gasteiger partial charge >= 0.3 is 0 Å². The lowest BCUT2D eigenvalue weighted by Gasteiger charge is -2.24. The molecule has 90 valence electrons. The van der Waals surface area contributed by atoms with Gasteiger partial charge in [-0.25, -0.2) is 0 Å². The number of hydrogen-bond acceptors (Lipinski definition) is 1. The molecule has 0 fully saturated rings. The summed E-state index contributed by atoms with van der Waals surface area (Å²) in [6, 6.07) is 0. The SMILES string of the molecule is CC(C)=CCC/C(C)=C1/C=CC(C)(O)CC1. The first-order valence-corrected chi connectivity index (χ1v) is 6.14. The third kappa shape index (κ3) is 4.36. The van der Waals surface area contributed by atoms with E-state index in [-0.39, 0.29) is 0 Å². The Morgan fingerprint density at radius 3 is 2.62 bits per heavy atom. The fourth-order valence-corrected chi connectivity index (χ4v) is 1.93. The van der Waals surface area contributed by atoms with Crippen LogP contribution in [0.1, 0.15) is 53.4 Å². The molecule has 0 amide bonds. The number of hydrogen-bond donors (Lipinski definition) is 1. The van der Waals surface area contributed by atoms with E-state index in [2.05, 4.69) is 32.9 Å². The molecule has 0 aromatic heterocycles. The summed E-state index contributed by atoms with van der Waals surface area (Å²) in [6.07, 6.45) is 10.4. The molecule has 1 heteroatoms. The molecule has 0 bridgehead atoms. The van der Waals surface area contributed by atoms with Gasteiger partial charge in [-0.15, -0.1) is 0 Å². The molecule has 1 atom stereocenters. The van der Waals surface area contributed by atoms with Crippen LogP contribution in [-0.4, -0.2) is 10.7 Å². The maximum Gasteiger partial charge on any atom is 0.0805 e. The van der Waals surface area contributed by atoms with Gasteiger partial charge in [-0.1, -0.05) is 29.4 Å². The second-order valence-corrected chi connectivity index (χ2v) is 5.32. The molecule has 1 aliphatic carbocycles. The molecule has 0 heterocycles. The highest BCUT2D eigenvalue weighted by Crippen LogP contribution is 2.28. The van der Waals surface area contributed by atoms with E-state index in [1.807, 2.05) is 13.0 Å². The molecule has 0 aromatic carbocycles. The maximum atomic E-state index is 9.80. The minimum Gasteiger partial charge on any atom is -0.386 e. The Kier molecular flexibility index (Phi) is 4.55. The number of allylic oxidation sites excluding steroid dienone is 5. The van der Waals surface area contributed by atoms with Gasteiger partial charge < -0.3 is 5.11 Å². The van der Waals surface area contributed by atoms with Crippen molar-refractivity contribution in [2.45, 2.75) is 59.0 Å². The predicted molar refractivity (Wildman–Crippen MR) is 70.4 cm³/mol. The first-order valence-electron chi connectivity index (χ1n) is 6.14. The molecule has 0 aliphatic heterocycles. The number of aliphatic hydroxyl groups is 1. The lowest BCUT2D eigenvalue weighted by atomic mass is 9.87. The molecule has 1 unspecified atom stereocenters. The molecule has 0 spiro atoms. The first-order chi connectivity index (χ1) is 7.41. The van der Waals surface area contributed by atoms with Gasteiger partial charge in [0.1, 0.15) is 0 Å². The Labute approximate surface area is 99.6 Å². The van der Waals surface area contributed by atoms with Crippen LogP contribution in [0.4, 0.5) is 0 Å². The fourth-order valence-electron chi connectivity index (χ4n) is 1.93. The maximum absolute atomic E-state index is 9.80. The van der Waals surface area contributed by atoms with Crippen molar-refractivity contribution < 1.29 is 5.11 Å². The lowest BCUT2D eigenvalue weighted by Crippen LogP contribution is -2.23. The first kappa shape index (κ1) is 13.2. The van der Waals surface area contributed by atoms with Gasteiger partial charge in [0.15, 0.2) is 0 Å². The second kappa shape index (κ2) is 5.49. The summed E-state index contributed by atoms with van der Waals surface area (Å²) < 4.78 is 0. The van der Waals surface area contributed by atoms with Gasteiger partial charge in [-0.2, -0.15) is 0 Å². The Morgan fingerprint density at radius 2 is 2.12 bits per heavy atom. The molecule has 0 saturated carbocycles. The molecule has 16 heavy (non-hydrogen) atoms.